The van der Waals surface area contributed by atoms with E-state index in [-0.39, 0.29) is 5.82 Å². The van der Waals surface area contributed by atoms with Gasteiger partial charge in [0.1, 0.15) is 0 Å². The van der Waals surface area contributed by atoms with E-state index in [9.17, 15) is 4.39 Å². The van der Waals surface area contributed by atoms with Crippen LogP contribution in [0, 0.1) is 23.6 Å². The van der Waals surface area contributed by atoms with Crippen molar-refractivity contribution < 1.29 is 9.13 Å². The minimum atomic E-state index is -0.226. The molecule has 2 heteroatoms. The molecule has 0 saturated heterocycles. The van der Waals surface area contributed by atoms with E-state index in [2.05, 4.69) is 31.2 Å². The number of halogens is 1. The van der Waals surface area contributed by atoms with Crippen molar-refractivity contribution in [2.24, 2.45) is 17.8 Å². The van der Waals surface area contributed by atoms with Crippen LogP contribution in [0.1, 0.15) is 89.5 Å². The first-order valence-corrected chi connectivity index (χ1v) is 12.7. The molecule has 0 spiro atoms. The average Bonchev–Trinajstić information content (AvgIpc) is 2.82. The minimum absolute atomic E-state index is 0.226. The number of hydrogen-bond donors (Lipinski definition) is 0. The molecule has 2 fully saturated rings. The standard InChI is InChI=1S/C29H39FO/c1-3-5-6-7-21-8-10-22(11-9-21)23-12-14-24(15-13-23)25-16-18-27-26(20-25)17-19-28(29(27)30)31-4-2/h3,5,16-24H,4,6-15H2,1-2H3/b5-3+. The minimum Gasteiger partial charge on any atom is -0.491 e. The fourth-order valence-corrected chi connectivity index (χ4v) is 6.18. The van der Waals surface area contributed by atoms with Crippen LogP contribution in [0.25, 0.3) is 10.8 Å². The Morgan fingerprint density at radius 1 is 0.935 bits per heavy atom. The molecule has 2 aliphatic carbocycles. The van der Waals surface area contributed by atoms with E-state index in [1.165, 1.54) is 69.8 Å². The number of allylic oxidation sites excluding steroid dienone is 2. The van der Waals surface area contributed by atoms with E-state index < -0.39 is 0 Å². The van der Waals surface area contributed by atoms with E-state index in [1.807, 2.05) is 19.1 Å². The summed E-state index contributed by atoms with van der Waals surface area (Å²) in [5.74, 6) is 3.62. The van der Waals surface area contributed by atoms with Crippen LogP contribution in [-0.4, -0.2) is 6.61 Å². The molecule has 2 aliphatic rings. The molecule has 0 unspecified atom stereocenters. The van der Waals surface area contributed by atoms with Crippen molar-refractivity contribution in [3.8, 4) is 5.75 Å². The van der Waals surface area contributed by atoms with Gasteiger partial charge in [-0.2, -0.15) is 0 Å². The second-order valence-corrected chi connectivity index (χ2v) is 9.83. The zero-order valence-corrected chi connectivity index (χ0v) is 19.4. The highest BCUT2D eigenvalue weighted by Gasteiger charge is 2.31. The van der Waals surface area contributed by atoms with Gasteiger partial charge in [-0.05, 0) is 106 Å². The number of ether oxygens (including phenoxy) is 1. The first kappa shape index (κ1) is 22.4. The molecule has 0 aromatic heterocycles. The maximum absolute atomic E-state index is 14.7. The molecule has 0 radical (unpaired) electrons. The van der Waals surface area contributed by atoms with Crippen LogP contribution in [-0.2, 0) is 0 Å². The first-order valence-electron chi connectivity index (χ1n) is 12.7. The van der Waals surface area contributed by atoms with Gasteiger partial charge in [0.15, 0.2) is 11.6 Å². The molecular formula is C29H39FO. The third-order valence-corrected chi connectivity index (χ3v) is 8.02. The predicted molar refractivity (Wildman–Crippen MR) is 129 cm³/mol. The Bertz CT molecular complexity index is 870. The maximum atomic E-state index is 14.7. The Morgan fingerprint density at radius 3 is 2.32 bits per heavy atom. The van der Waals surface area contributed by atoms with Crippen molar-refractivity contribution in [3.05, 3.63) is 53.9 Å². The molecule has 0 aliphatic heterocycles. The molecule has 4 rings (SSSR count). The zero-order valence-electron chi connectivity index (χ0n) is 19.4. The van der Waals surface area contributed by atoms with Crippen molar-refractivity contribution in [2.45, 2.75) is 84.0 Å². The van der Waals surface area contributed by atoms with Crippen molar-refractivity contribution in [3.63, 3.8) is 0 Å². The van der Waals surface area contributed by atoms with E-state index in [1.54, 1.807) is 6.07 Å². The molecule has 31 heavy (non-hydrogen) atoms. The average molecular weight is 423 g/mol. The molecular weight excluding hydrogens is 383 g/mol. The van der Waals surface area contributed by atoms with Gasteiger partial charge in [0, 0.05) is 5.39 Å². The number of benzene rings is 2. The molecule has 2 aromatic carbocycles. The van der Waals surface area contributed by atoms with Gasteiger partial charge in [-0.3, -0.25) is 0 Å². The van der Waals surface area contributed by atoms with E-state index in [0.29, 0.717) is 23.7 Å². The van der Waals surface area contributed by atoms with E-state index in [0.717, 1.165) is 23.1 Å². The quantitative estimate of drug-likeness (QED) is 0.405. The Balaban J connectivity index is 1.32. The highest BCUT2D eigenvalue weighted by Crippen LogP contribution is 2.45. The molecule has 2 aromatic rings. The Labute approximate surface area is 188 Å². The fraction of sp³-hybridized carbons (Fsp3) is 0.586. The molecule has 0 atom stereocenters. The second kappa shape index (κ2) is 10.7. The van der Waals surface area contributed by atoms with Crippen LogP contribution in [0.2, 0.25) is 0 Å². The van der Waals surface area contributed by atoms with Gasteiger partial charge in [0.05, 0.1) is 6.61 Å². The molecule has 0 heterocycles. The van der Waals surface area contributed by atoms with Crippen LogP contribution < -0.4 is 4.74 Å². The van der Waals surface area contributed by atoms with E-state index in [4.69, 9.17) is 4.74 Å². The lowest BCUT2D eigenvalue weighted by molar-refractivity contribution is 0.157. The van der Waals surface area contributed by atoms with Crippen molar-refractivity contribution in [2.75, 3.05) is 6.61 Å². The van der Waals surface area contributed by atoms with Crippen LogP contribution in [0.5, 0.6) is 5.75 Å². The maximum Gasteiger partial charge on any atom is 0.172 e. The summed E-state index contributed by atoms with van der Waals surface area (Å²) in [6, 6.07) is 10.1. The Kier molecular flexibility index (Phi) is 7.69. The predicted octanol–water partition coefficient (Wildman–Crippen LogP) is 8.81. The highest BCUT2D eigenvalue weighted by molar-refractivity contribution is 5.85. The number of rotatable bonds is 7. The third-order valence-electron chi connectivity index (χ3n) is 8.02. The van der Waals surface area contributed by atoms with Gasteiger partial charge < -0.3 is 4.74 Å². The summed E-state index contributed by atoms with van der Waals surface area (Å²) in [6.07, 6.45) is 18.3. The molecule has 0 bridgehead atoms. The SMILES string of the molecule is C/C=C/CCC1CCC(C2CCC(c3ccc4c(F)c(OCC)ccc4c3)CC2)CC1. The number of fused-ring (bicyclic) bond motifs is 1. The summed E-state index contributed by atoms with van der Waals surface area (Å²) < 4.78 is 20.1. The van der Waals surface area contributed by atoms with Crippen LogP contribution >= 0.6 is 0 Å². The van der Waals surface area contributed by atoms with Crippen molar-refractivity contribution in [1.82, 2.24) is 0 Å². The van der Waals surface area contributed by atoms with Gasteiger partial charge in [0.2, 0.25) is 0 Å². The summed E-state index contributed by atoms with van der Waals surface area (Å²) in [6.45, 7) is 4.50. The molecule has 168 valence electrons. The fourth-order valence-electron chi connectivity index (χ4n) is 6.18. The normalized spacial score (nSPS) is 27.1. The molecule has 2 saturated carbocycles. The van der Waals surface area contributed by atoms with Gasteiger partial charge >= 0.3 is 0 Å². The lowest BCUT2D eigenvalue weighted by Gasteiger charge is -2.38. The van der Waals surface area contributed by atoms with Gasteiger partial charge in [-0.1, -0.05) is 49.3 Å². The Morgan fingerprint density at radius 2 is 1.65 bits per heavy atom. The molecule has 0 amide bonds. The summed E-state index contributed by atoms with van der Waals surface area (Å²) in [4.78, 5) is 0. The number of hydrogen-bond acceptors (Lipinski definition) is 1. The van der Waals surface area contributed by atoms with Crippen LogP contribution in [0.4, 0.5) is 4.39 Å². The summed E-state index contributed by atoms with van der Waals surface area (Å²) >= 11 is 0. The van der Waals surface area contributed by atoms with E-state index >= 15 is 0 Å². The largest absolute Gasteiger partial charge is 0.491 e. The van der Waals surface area contributed by atoms with Gasteiger partial charge in [-0.15, -0.1) is 0 Å². The van der Waals surface area contributed by atoms with Gasteiger partial charge in [-0.25, -0.2) is 4.39 Å². The summed E-state index contributed by atoms with van der Waals surface area (Å²) in [5, 5.41) is 1.67. The molecule has 0 N–H and O–H groups in total. The lowest BCUT2D eigenvalue weighted by Crippen LogP contribution is -2.25. The topological polar surface area (TPSA) is 9.23 Å². The zero-order chi connectivity index (χ0) is 21.6. The van der Waals surface area contributed by atoms with Crippen molar-refractivity contribution in [1.29, 1.82) is 0 Å². The monoisotopic (exact) mass is 422 g/mol. The smallest absolute Gasteiger partial charge is 0.172 e. The Hall–Kier alpha value is -1.83. The summed E-state index contributed by atoms with van der Waals surface area (Å²) in [7, 11) is 0. The van der Waals surface area contributed by atoms with Gasteiger partial charge in [0.25, 0.3) is 0 Å². The van der Waals surface area contributed by atoms with Crippen LogP contribution in [0.15, 0.2) is 42.5 Å². The third kappa shape index (κ3) is 5.33. The van der Waals surface area contributed by atoms with Crippen LogP contribution in [0.3, 0.4) is 0 Å². The second-order valence-electron chi connectivity index (χ2n) is 9.83. The highest BCUT2D eigenvalue weighted by atomic mass is 19.1. The lowest BCUT2D eigenvalue weighted by atomic mass is 9.68. The van der Waals surface area contributed by atoms with Crippen molar-refractivity contribution >= 4 is 10.8 Å². The summed E-state index contributed by atoms with van der Waals surface area (Å²) in [5.41, 5.74) is 1.39. The molecule has 1 nitrogen and oxygen atoms in total. The first-order chi connectivity index (χ1) is 15.2.